The Hall–Kier alpha value is -3.10. The maximum Gasteiger partial charge on any atom is 0.288 e. The summed E-state index contributed by atoms with van der Waals surface area (Å²) < 4.78 is 19.8. The van der Waals surface area contributed by atoms with Gasteiger partial charge in [-0.1, -0.05) is 17.3 Å². The van der Waals surface area contributed by atoms with E-state index in [1.807, 2.05) is 0 Å². The summed E-state index contributed by atoms with van der Waals surface area (Å²) >= 11 is 0. The van der Waals surface area contributed by atoms with Crippen LogP contribution in [0.1, 0.15) is 40.7 Å². The van der Waals surface area contributed by atoms with Crippen LogP contribution < -0.4 is 5.73 Å². The van der Waals surface area contributed by atoms with Crippen molar-refractivity contribution >= 4 is 5.91 Å². The summed E-state index contributed by atoms with van der Waals surface area (Å²) in [6, 6.07) is 6.35. The number of carbonyl (C=O) groups excluding carboxylic acids is 1. The largest absolute Gasteiger partial charge is 0.363 e. The summed E-state index contributed by atoms with van der Waals surface area (Å²) in [6.07, 6.45) is 3.14. The Morgan fingerprint density at radius 3 is 2.71 bits per heavy atom. The number of hydrogen-bond acceptors (Lipinski definition) is 6. The molecule has 2 aromatic heterocycles. The van der Waals surface area contributed by atoms with E-state index in [1.54, 1.807) is 12.1 Å². The number of hydrogen-bond donors (Lipinski definition) is 1. The highest BCUT2D eigenvalue weighted by atomic mass is 19.1. The number of benzene rings is 1. The van der Waals surface area contributed by atoms with Gasteiger partial charge in [0.25, 0.3) is 5.91 Å². The summed E-state index contributed by atoms with van der Waals surface area (Å²) in [5, 5.41) is 7.98. The summed E-state index contributed by atoms with van der Waals surface area (Å²) in [5.74, 6) is -0.133. The third-order valence-corrected chi connectivity index (χ3v) is 4.10. The molecule has 0 spiro atoms. The molecule has 1 amide bonds. The first kappa shape index (κ1) is 14.5. The molecule has 2 heterocycles. The molecule has 0 unspecified atom stereocenters. The Balaban J connectivity index is 1.56. The maximum absolute atomic E-state index is 13.1. The second-order valence-corrected chi connectivity index (χ2v) is 5.73. The molecule has 24 heavy (non-hydrogen) atoms. The van der Waals surface area contributed by atoms with E-state index < -0.39 is 5.91 Å². The van der Waals surface area contributed by atoms with E-state index >= 15 is 0 Å². The molecule has 2 N–H and O–H groups in total. The summed E-state index contributed by atoms with van der Waals surface area (Å²) in [5.41, 5.74) is 5.77. The van der Waals surface area contributed by atoms with Gasteiger partial charge in [0.05, 0.1) is 5.41 Å². The van der Waals surface area contributed by atoms with Gasteiger partial charge in [0.1, 0.15) is 18.7 Å². The maximum atomic E-state index is 13.1. The average molecular weight is 328 g/mol. The van der Waals surface area contributed by atoms with E-state index in [9.17, 15) is 9.18 Å². The summed E-state index contributed by atoms with van der Waals surface area (Å²) in [6.45, 7) is 0.187. The van der Waals surface area contributed by atoms with Crippen molar-refractivity contribution in [3.05, 3.63) is 59.5 Å². The van der Waals surface area contributed by atoms with Crippen LogP contribution in [0.4, 0.5) is 4.39 Å². The van der Waals surface area contributed by atoms with Gasteiger partial charge in [-0.2, -0.15) is 4.98 Å². The fourth-order valence-electron chi connectivity index (χ4n) is 2.67. The van der Waals surface area contributed by atoms with E-state index in [0.29, 0.717) is 11.7 Å². The van der Waals surface area contributed by atoms with Gasteiger partial charge < -0.3 is 10.3 Å². The lowest BCUT2D eigenvalue weighted by molar-refractivity contribution is 0.0990. The zero-order chi connectivity index (χ0) is 16.7. The topological polar surface area (TPSA) is 113 Å². The first-order valence-electron chi connectivity index (χ1n) is 7.35. The molecule has 122 valence electrons. The van der Waals surface area contributed by atoms with Gasteiger partial charge in [0.2, 0.25) is 11.7 Å². The Morgan fingerprint density at radius 1 is 1.33 bits per heavy atom. The van der Waals surface area contributed by atoms with Crippen molar-refractivity contribution in [2.45, 2.75) is 24.8 Å². The Bertz CT molecular complexity index is 897. The van der Waals surface area contributed by atoms with Crippen LogP contribution in [0, 0.1) is 5.82 Å². The smallest absolute Gasteiger partial charge is 0.288 e. The number of halogens is 1. The first-order valence-corrected chi connectivity index (χ1v) is 7.35. The molecule has 1 aliphatic rings. The number of primary amides is 1. The Labute approximate surface area is 135 Å². The molecular weight excluding hydrogens is 315 g/mol. The molecule has 0 radical (unpaired) electrons. The SMILES string of the molecule is NC(=O)c1ncn(Cc2nc(C3(c4ccc(F)cc4)CC3)no2)n1. The van der Waals surface area contributed by atoms with Crippen molar-refractivity contribution in [1.29, 1.82) is 0 Å². The molecule has 0 saturated heterocycles. The first-order chi connectivity index (χ1) is 11.6. The third kappa shape index (κ3) is 2.43. The van der Waals surface area contributed by atoms with Crippen molar-refractivity contribution in [2.75, 3.05) is 0 Å². The second kappa shape index (κ2) is 5.22. The van der Waals surface area contributed by atoms with Crippen molar-refractivity contribution in [2.24, 2.45) is 5.73 Å². The zero-order valence-electron chi connectivity index (χ0n) is 12.5. The Kier molecular flexibility index (Phi) is 3.15. The molecule has 9 heteroatoms. The minimum Gasteiger partial charge on any atom is -0.363 e. The molecule has 1 fully saturated rings. The van der Waals surface area contributed by atoms with Crippen LogP contribution in [0.3, 0.4) is 0 Å². The normalized spacial score (nSPS) is 15.4. The summed E-state index contributed by atoms with van der Waals surface area (Å²) in [4.78, 5) is 19.2. The van der Waals surface area contributed by atoms with Crippen LogP contribution in [0.5, 0.6) is 0 Å². The highest BCUT2D eigenvalue weighted by molar-refractivity contribution is 5.88. The number of amides is 1. The molecule has 1 aromatic carbocycles. The van der Waals surface area contributed by atoms with E-state index in [-0.39, 0.29) is 23.6 Å². The average Bonchev–Trinajstić information content (AvgIpc) is 3.02. The molecule has 1 aliphatic carbocycles. The number of aromatic nitrogens is 5. The quantitative estimate of drug-likeness (QED) is 0.748. The van der Waals surface area contributed by atoms with E-state index in [2.05, 4.69) is 20.2 Å². The fraction of sp³-hybridized carbons (Fsp3) is 0.267. The van der Waals surface area contributed by atoms with Gasteiger partial charge in [0.15, 0.2) is 5.82 Å². The van der Waals surface area contributed by atoms with E-state index in [1.165, 1.54) is 23.1 Å². The van der Waals surface area contributed by atoms with Gasteiger partial charge in [-0.25, -0.2) is 14.1 Å². The number of nitrogens with two attached hydrogens (primary N) is 1. The van der Waals surface area contributed by atoms with Crippen molar-refractivity contribution in [1.82, 2.24) is 24.9 Å². The van der Waals surface area contributed by atoms with Crippen LogP contribution in [-0.2, 0) is 12.0 Å². The standard InChI is InChI=1S/C15H13FN6O2/c16-10-3-1-9(2-4-10)15(5-6-15)14-19-11(24-21-14)7-22-8-18-13(20-22)12(17)23/h1-4,8H,5-7H2,(H2,17,23). The summed E-state index contributed by atoms with van der Waals surface area (Å²) in [7, 11) is 0. The van der Waals surface area contributed by atoms with Crippen molar-refractivity contribution < 1.29 is 13.7 Å². The number of nitrogens with zero attached hydrogens (tertiary/aromatic N) is 5. The van der Waals surface area contributed by atoms with Crippen LogP contribution in [0.15, 0.2) is 35.1 Å². The van der Waals surface area contributed by atoms with Crippen molar-refractivity contribution in [3.63, 3.8) is 0 Å². The van der Waals surface area contributed by atoms with Crippen molar-refractivity contribution in [3.8, 4) is 0 Å². The molecule has 8 nitrogen and oxygen atoms in total. The molecule has 0 aliphatic heterocycles. The highest BCUT2D eigenvalue weighted by Gasteiger charge is 2.50. The fourth-order valence-corrected chi connectivity index (χ4v) is 2.67. The zero-order valence-corrected chi connectivity index (χ0v) is 12.5. The molecule has 3 aromatic rings. The lowest BCUT2D eigenvalue weighted by Crippen LogP contribution is -2.14. The van der Waals surface area contributed by atoms with Crippen LogP contribution in [0.25, 0.3) is 0 Å². The molecule has 0 atom stereocenters. The second-order valence-electron chi connectivity index (χ2n) is 5.73. The Morgan fingerprint density at radius 2 is 2.08 bits per heavy atom. The minimum atomic E-state index is -0.701. The predicted molar refractivity (Wildman–Crippen MR) is 78.4 cm³/mol. The van der Waals surface area contributed by atoms with Gasteiger partial charge in [-0.3, -0.25) is 4.79 Å². The predicted octanol–water partition coefficient (Wildman–Crippen LogP) is 1.03. The lowest BCUT2D eigenvalue weighted by Gasteiger charge is -2.10. The molecule has 4 rings (SSSR count). The van der Waals surface area contributed by atoms with Gasteiger partial charge in [0, 0.05) is 0 Å². The number of carbonyl (C=O) groups is 1. The molecular formula is C15H13FN6O2. The van der Waals surface area contributed by atoms with Gasteiger partial charge in [-0.05, 0) is 30.5 Å². The highest BCUT2D eigenvalue weighted by Crippen LogP contribution is 2.52. The minimum absolute atomic E-state index is 0.0697. The molecule has 1 saturated carbocycles. The van der Waals surface area contributed by atoms with Crippen LogP contribution in [-0.4, -0.2) is 30.8 Å². The van der Waals surface area contributed by atoms with E-state index in [0.717, 1.165) is 18.4 Å². The lowest BCUT2D eigenvalue weighted by atomic mass is 9.95. The molecule has 0 bridgehead atoms. The van der Waals surface area contributed by atoms with Crippen LogP contribution in [0.2, 0.25) is 0 Å². The van der Waals surface area contributed by atoms with Gasteiger partial charge in [-0.15, -0.1) is 5.10 Å². The third-order valence-electron chi connectivity index (χ3n) is 4.10. The number of rotatable bonds is 5. The van der Waals surface area contributed by atoms with Crippen LogP contribution >= 0.6 is 0 Å². The van der Waals surface area contributed by atoms with Gasteiger partial charge >= 0.3 is 0 Å². The monoisotopic (exact) mass is 328 g/mol. The van der Waals surface area contributed by atoms with E-state index in [4.69, 9.17) is 10.3 Å².